The van der Waals surface area contributed by atoms with E-state index in [1.54, 1.807) is 25.1 Å². The maximum Gasteiger partial charge on any atom is 0.242 e. The van der Waals surface area contributed by atoms with E-state index in [-0.39, 0.29) is 31.6 Å². The first-order valence-corrected chi connectivity index (χ1v) is 11.2. The van der Waals surface area contributed by atoms with Crippen LogP contribution in [0.1, 0.15) is 45.2 Å². The maximum absolute atomic E-state index is 13.3. The first-order chi connectivity index (χ1) is 15.0. The average Bonchev–Trinajstić information content (AvgIpc) is 3.18. The predicted octanol–water partition coefficient (Wildman–Crippen LogP) is 4.99. The number of fused-ring (bicyclic) bond motifs is 1. The zero-order chi connectivity index (χ0) is 23.5. The number of amides is 2. The van der Waals surface area contributed by atoms with Gasteiger partial charge in [-0.25, -0.2) is 0 Å². The molecule has 0 radical (unpaired) electrons. The fourth-order valence-electron chi connectivity index (χ4n) is 3.40. The molecule has 3 rings (SSSR count). The maximum atomic E-state index is 13.3. The van der Waals surface area contributed by atoms with Crippen molar-refractivity contribution in [2.45, 2.75) is 58.7 Å². The fourth-order valence-corrected chi connectivity index (χ4v) is 3.92. The minimum absolute atomic E-state index is 0.136. The Balaban J connectivity index is 1.78. The number of rotatable bonds is 7. The molecule has 8 heteroatoms. The van der Waals surface area contributed by atoms with Gasteiger partial charge in [0.15, 0.2) is 11.5 Å². The van der Waals surface area contributed by atoms with Gasteiger partial charge in [0.25, 0.3) is 0 Å². The number of nitrogens with zero attached hydrogens (tertiary/aromatic N) is 1. The van der Waals surface area contributed by atoms with Crippen LogP contribution in [0.4, 0.5) is 0 Å². The molecule has 2 aromatic rings. The summed E-state index contributed by atoms with van der Waals surface area (Å²) in [6, 6.07) is 10.1. The van der Waals surface area contributed by atoms with Crippen molar-refractivity contribution < 1.29 is 19.1 Å². The highest BCUT2D eigenvalue weighted by atomic mass is 35.5. The number of carbonyl (C=O) groups excluding carboxylic acids is 2. The van der Waals surface area contributed by atoms with Crippen molar-refractivity contribution >= 4 is 35.0 Å². The lowest BCUT2D eigenvalue weighted by Gasteiger charge is -2.32. The summed E-state index contributed by atoms with van der Waals surface area (Å²) < 4.78 is 10.8. The van der Waals surface area contributed by atoms with Gasteiger partial charge in [-0.15, -0.1) is 0 Å². The Bertz CT molecular complexity index is 984. The van der Waals surface area contributed by atoms with E-state index < -0.39 is 11.6 Å². The van der Waals surface area contributed by atoms with E-state index in [2.05, 4.69) is 5.32 Å². The van der Waals surface area contributed by atoms with Gasteiger partial charge in [0.2, 0.25) is 18.6 Å². The standard InChI is InChI=1S/C24H28Cl2N2O4/c1-15(23(30)27-24(2,3)4)28(13-17-18(25)6-5-7-19(17)26)22(29)11-9-16-8-10-20-21(12-16)32-14-31-20/h5-8,10,12,15H,9,11,13-14H2,1-4H3,(H,27,30)/t15-/m0/s1. The summed E-state index contributed by atoms with van der Waals surface area (Å²) in [4.78, 5) is 27.7. The number of nitrogens with one attached hydrogen (secondary N) is 1. The van der Waals surface area contributed by atoms with Crippen LogP contribution in [0.5, 0.6) is 11.5 Å². The third-order valence-electron chi connectivity index (χ3n) is 5.12. The number of hydrogen-bond acceptors (Lipinski definition) is 4. The number of ether oxygens (including phenoxy) is 2. The van der Waals surface area contributed by atoms with E-state index in [1.807, 2.05) is 39.0 Å². The van der Waals surface area contributed by atoms with Crippen LogP contribution in [0.25, 0.3) is 0 Å². The normalized spacial score (nSPS) is 13.6. The van der Waals surface area contributed by atoms with Gasteiger partial charge >= 0.3 is 0 Å². The van der Waals surface area contributed by atoms with E-state index in [0.717, 1.165) is 5.56 Å². The molecule has 6 nitrogen and oxygen atoms in total. The van der Waals surface area contributed by atoms with E-state index >= 15 is 0 Å². The summed E-state index contributed by atoms with van der Waals surface area (Å²) in [7, 11) is 0. The molecular weight excluding hydrogens is 451 g/mol. The Labute approximate surface area is 198 Å². The molecule has 32 heavy (non-hydrogen) atoms. The highest BCUT2D eigenvalue weighted by molar-refractivity contribution is 6.36. The summed E-state index contributed by atoms with van der Waals surface area (Å²) >= 11 is 12.7. The Hall–Kier alpha value is -2.44. The molecule has 2 aromatic carbocycles. The van der Waals surface area contributed by atoms with Crippen LogP contribution < -0.4 is 14.8 Å². The summed E-state index contributed by atoms with van der Waals surface area (Å²) in [5.41, 5.74) is 1.14. The molecule has 0 spiro atoms. The van der Waals surface area contributed by atoms with Crippen LogP contribution in [-0.2, 0) is 22.6 Å². The van der Waals surface area contributed by atoms with Crippen molar-refractivity contribution in [2.75, 3.05) is 6.79 Å². The second-order valence-electron chi connectivity index (χ2n) is 8.82. The van der Waals surface area contributed by atoms with Gasteiger partial charge in [-0.1, -0.05) is 35.3 Å². The van der Waals surface area contributed by atoms with Crippen LogP contribution >= 0.6 is 23.2 Å². The molecule has 1 heterocycles. The molecule has 0 saturated heterocycles. The van der Waals surface area contributed by atoms with E-state index in [4.69, 9.17) is 32.7 Å². The Morgan fingerprint density at radius 3 is 2.41 bits per heavy atom. The Kier molecular flexibility index (Phi) is 7.57. The highest BCUT2D eigenvalue weighted by Crippen LogP contribution is 2.33. The molecule has 1 aliphatic rings. The molecule has 2 amide bonds. The van der Waals surface area contributed by atoms with Crippen LogP contribution in [-0.4, -0.2) is 35.1 Å². The van der Waals surface area contributed by atoms with Crippen LogP contribution in [0.15, 0.2) is 36.4 Å². The van der Waals surface area contributed by atoms with Crippen molar-refractivity contribution in [3.63, 3.8) is 0 Å². The fraction of sp³-hybridized carbons (Fsp3) is 0.417. The third-order valence-corrected chi connectivity index (χ3v) is 5.83. The predicted molar refractivity (Wildman–Crippen MR) is 125 cm³/mol. The Morgan fingerprint density at radius 2 is 1.75 bits per heavy atom. The van der Waals surface area contributed by atoms with Gasteiger partial charge < -0.3 is 19.7 Å². The zero-order valence-electron chi connectivity index (χ0n) is 18.7. The van der Waals surface area contributed by atoms with E-state index in [0.29, 0.717) is 33.5 Å². The van der Waals surface area contributed by atoms with Gasteiger partial charge in [-0.3, -0.25) is 9.59 Å². The van der Waals surface area contributed by atoms with Crippen LogP contribution in [0.2, 0.25) is 10.0 Å². The number of hydrogen-bond donors (Lipinski definition) is 1. The number of halogens is 2. The van der Waals surface area contributed by atoms with Gasteiger partial charge in [-0.2, -0.15) is 0 Å². The average molecular weight is 479 g/mol. The molecule has 0 unspecified atom stereocenters. The molecule has 1 N–H and O–H groups in total. The van der Waals surface area contributed by atoms with Gasteiger partial charge in [0, 0.05) is 34.1 Å². The van der Waals surface area contributed by atoms with Gasteiger partial charge in [-0.05, 0) is 63.9 Å². The minimum Gasteiger partial charge on any atom is -0.454 e. The lowest BCUT2D eigenvalue weighted by Crippen LogP contribution is -2.52. The zero-order valence-corrected chi connectivity index (χ0v) is 20.2. The lowest BCUT2D eigenvalue weighted by molar-refractivity contribution is -0.141. The molecular formula is C24H28Cl2N2O4. The molecule has 0 aliphatic carbocycles. The summed E-state index contributed by atoms with van der Waals surface area (Å²) in [6.45, 7) is 7.74. The highest BCUT2D eigenvalue weighted by Gasteiger charge is 2.29. The van der Waals surface area contributed by atoms with Crippen molar-refractivity contribution in [1.29, 1.82) is 0 Å². The lowest BCUT2D eigenvalue weighted by atomic mass is 10.1. The molecule has 0 fully saturated rings. The van der Waals surface area contributed by atoms with Crippen molar-refractivity contribution in [2.24, 2.45) is 0 Å². The smallest absolute Gasteiger partial charge is 0.242 e. The summed E-state index contributed by atoms with van der Waals surface area (Å²) in [5, 5.41) is 3.85. The summed E-state index contributed by atoms with van der Waals surface area (Å²) in [6.07, 6.45) is 0.713. The summed E-state index contributed by atoms with van der Waals surface area (Å²) in [5.74, 6) is 0.961. The quantitative estimate of drug-likeness (QED) is 0.608. The number of aryl methyl sites for hydroxylation is 1. The molecule has 0 saturated carbocycles. The second kappa shape index (κ2) is 10.0. The second-order valence-corrected chi connectivity index (χ2v) is 9.64. The topological polar surface area (TPSA) is 67.9 Å². The SMILES string of the molecule is C[C@@H](C(=O)NC(C)(C)C)N(Cc1c(Cl)cccc1Cl)C(=O)CCc1ccc2c(c1)OCO2. The first kappa shape index (κ1) is 24.2. The van der Waals surface area contributed by atoms with Crippen molar-refractivity contribution in [3.8, 4) is 11.5 Å². The molecule has 0 bridgehead atoms. The molecule has 1 aliphatic heterocycles. The minimum atomic E-state index is -0.703. The molecule has 172 valence electrons. The monoisotopic (exact) mass is 478 g/mol. The van der Waals surface area contributed by atoms with E-state index in [9.17, 15) is 9.59 Å². The van der Waals surface area contributed by atoms with Crippen molar-refractivity contribution in [1.82, 2.24) is 10.2 Å². The molecule has 0 aromatic heterocycles. The number of carbonyl (C=O) groups is 2. The van der Waals surface area contributed by atoms with Crippen LogP contribution in [0.3, 0.4) is 0 Å². The third kappa shape index (κ3) is 6.08. The van der Waals surface area contributed by atoms with Crippen LogP contribution in [0, 0.1) is 0 Å². The first-order valence-electron chi connectivity index (χ1n) is 10.5. The van der Waals surface area contributed by atoms with Gasteiger partial charge in [0.1, 0.15) is 6.04 Å². The molecule has 1 atom stereocenters. The number of benzene rings is 2. The largest absolute Gasteiger partial charge is 0.454 e. The van der Waals surface area contributed by atoms with Gasteiger partial charge in [0.05, 0.1) is 0 Å². The van der Waals surface area contributed by atoms with Crippen molar-refractivity contribution in [3.05, 3.63) is 57.6 Å². The van der Waals surface area contributed by atoms with E-state index in [1.165, 1.54) is 4.90 Å². The Morgan fingerprint density at radius 1 is 1.09 bits per heavy atom.